The van der Waals surface area contributed by atoms with Crippen LogP contribution in [0, 0.1) is 19.3 Å². The van der Waals surface area contributed by atoms with Crippen LogP contribution in [0.4, 0.5) is 28.6 Å². The van der Waals surface area contributed by atoms with Gasteiger partial charge in [0.1, 0.15) is 23.0 Å². The number of aryl methyl sites for hydroxylation is 1. The highest BCUT2D eigenvalue weighted by Gasteiger charge is 2.20. The van der Waals surface area contributed by atoms with E-state index in [4.69, 9.17) is 20.9 Å². The molecule has 2 aliphatic rings. The Labute approximate surface area is 254 Å². The third-order valence-electron chi connectivity index (χ3n) is 7.90. The number of carbonyl (C=O) groups excluding carboxylic acids is 1. The van der Waals surface area contributed by atoms with Crippen LogP contribution in [-0.2, 0) is 4.79 Å². The Morgan fingerprint density at radius 1 is 1.00 bits per heavy atom. The van der Waals surface area contributed by atoms with Crippen molar-refractivity contribution in [3.8, 4) is 29.7 Å². The van der Waals surface area contributed by atoms with E-state index in [9.17, 15) is 4.79 Å². The predicted molar refractivity (Wildman–Crippen MR) is 174 cm³/mol. The molecule has 3 heterocycles. The lowest BCUT2D eigenvalue weighted by molar-refractivity contribution is -0.111. The lowest BCUT2D eigenvalue weighted by Crippen LogP contribution is -2.46. The normalized spacial score (nSPS) is 15.4. The minimum Gasteiger partial charge on any atom is -0.494 e. The number of hydrogen-bond acceptors (Lipinski definition) is 8. The van der Waals surface area contributed by atoms with E-state index in [1.807, 2.05) is 37.3 Å². The topological polar surface area (TPSA) is 82.2 Å². The highest BCUT2D eigenvalue weighted by molar-refractivity contribution is 5.99. The summed E-state index contributed by atoms with van der Waals surface area (Å²) in [5.41, 5.74) is 4.45. The molecule has 5 rings (SSSR count). The third kappa shape index (κ3) is 7.40. The second kappa shape index (κ2) is 14.0. The quantitative estimate of drug-likeness (QED) is 0.230. The van der Waals surface area contributed by atoms with Crippen molar-refractivity contribution < 1.29 is 14.3 Å². The number of hydrogen-bond donors (Lipinski definition) is 2. The fourth-order valence-electron chi connectivity index (χ4n) is 5.46. The maximum absolute atomic E-state index is 12.0. The molecule has 43 heavy (non-hydrogen) atoms. The maximum atomic E-state index is 12.0. The number of piperidine rings is 1. The van der Waals surface area contributed by atoms with Gasteiger partial charge in [-0.2, -0.15) is 4.98 Å². The van der Waals surface area contributed by atoms with Gasteiger partial charge in [0.05, 0.1) is 19.3 Å². The lowest BCUT2D eigenvalue weighted by atomic mass is 10.1. The summed E-state index contributed by atoms with van der Waals surface area (Å²) >= 11 is 0. The number of rotatable bonds is 10. The van der Waals surface area contributed by atoms with Crippen LogP contribution >= 0.6 is 0 Å². The van der Waals surface area contributed by atoms with Crippen molar-refractivity contribution in [3.63, 3.8) is 0 Å². The maximum Gasteiger partial charge on any atom is 0.247 e. The predicted octanol–water partition coefficient (Wildman–Crippen LogP) is 5.80. The molecule has 0 unspecified atom stereocenters. The van der Waals surface area contributed by atoms with Crippen molar-refractivity contribution in [1.82, 2.24) is 9.88 Å². The van der Waals surface area contributed by atoms with Crippen molar-refractivity contribution in [2.75, 3.05) is 73.4 Å². The average Bonchev–Trinajstić information content (AvgIpc) is 3.04. The molecule has 2 aliphatic heterocycles. The van der Waals surface area contributed by atoms with Gasteiger partial charge in [0, 0.05) is 62.8 Å². The molecule has 0 spiro atoms. The van der Waals surface area contributed by atoms with Crippen molar-refractivity contribution in [2.24, 2.45) is 0 Å². The van der Waals surface area contributed by atoms with Crippen LogP contribution in [-0.4, -0.2) is 68.7 Å². The number of amides is 1. The van der Waals surface area contributed by atoms with Crippen LogP contribution in [0.25, 0.3) is 0 Å². The van der Waals surface area contributed by atoms with Gasteiger partial charge >= 0.3 is 0 Å². The molecule has 1 amide bonds. The summed E-state index contributed by atoms with van der Waals surface area (Å²) in [5.74, 6) is 4.91. The molecule has 2 saturated heterocycles. The molecule has 3 aromatic rings. The molecule has 0 aliphatic carbocycles. The zero-order valence-corrected chi connectivity index (χ0v) is 25.1. The summed E-state index contributed by atoms with van der Waals surface area (Å²) in [5, 5.41) is 6.29. The number of pyridine rings is 1. The van der Waals surface area contributed by atoms with Crippen molar-refractivity contribution in [2.45, 2.75) is 26.2 Å². The van der Waals surface area contributed by atoms with Gasteiger partial charge in [-0.15, -0.1) is 6.42 Å². The number of nitrogens with zero attached hydrogens (tertiary/aromatic N) is 4. The Morgan fingerprint density at radius 3 is 2.51 bits per heavy atom. The Kier molecular flexibility index (Phi) is 9.70. The Hall–Kier alpha value is -4.68. The summed E-state index contributed by atoms with van der Waals surface area (Å²) in [4.78, 5) is 23.8. The van der Waals surface area contributed by atoms with Crippen LogP contribution in [0.5, 0.6) is 17.4 Å². The van der Waals surface area contributed by atoms with Gasteiger partial charge in [-0.25, -0.2) is 0 Å². The lowest BCUT2D eigenvalue weighted by Gasteiger charge is -2.35. The zero-order chi connectivity index (χ0) is 30.2. The molecule has 0 bridgehead atoms. The summed E-state index contributed by atoms with van der Waals surface area (Å²) in [7, 11) is 1.68. The highest BCUT2D eigenvalue weighted by Crippen LogP contribution is 2.37. The van der Waals surface area contributed by atoms with E-state index < -0.39 is 0 Å². The molecule has 0 saturated carbocycles. The van der Waals surface area contributed by atoms with Gasteiger partial charge in [-0.1, -0.05) is 18.6 Å². The molecule has 9 heteroatoms. The van der Waals surface area contributed by atoms with Crippen molar-refractivity contribution in [1.29, 1.82) is 0 Å². The summed E-state index contributed by atoms with van der Waals surface area (Å²) in [6.45, 7) is 11.8. The number of methoxy groups -OCH3 is 1. The van der Waals surface area contributed by atoms with Gasteiger partial charge in [-0.05, 0) is 68.2 Å². The van der Waals surface area contributed by atoms with E-state index in [0.717, 1.165) is 80.5 Å². The zero-order valence-electron chi connectivity index (χ0n) is 25.1. The minimum absolute atomic E-state index is 0.273. The molecule has 9 nitrogen and oxygen atoms in total. The number of ether oxygens (including phenoxy) is 2. The number of benzene rings is 2. The molecule has 2 N–H and O–H groups in total. The number of piperazine rings is 1. The SMILES string of the molecule is C#CCN1CCN(c2ccc(Nc3ccc(N4CCCCC4)c(Oc4ccc(C)c(NC(=O)C=C)c4)n3)c(OC)c2)CC1. The molecule has 0 radical (unpaired) electrons. The number of anilines is 5. The largest absolute Gasteiger partial charge is 0.494 e. The van der Waals surface area contributed by atoms with Gasteiger partial charge in [-0.3, -0.25) is 9.69 Å². The van der Waals surface area contributed by atoms with Crippen LogP contribution in [0.15, 0.2) is 61.2 Å². The van der Waals surface area contributed by atoms with E-state index >= 15 is 0 Å². The van der Waals surface area contributed by atoms with Gasteiger partial charge in [0.2, 0.25) is 11.8 Å². The van der Waals surface area contributed by atoms with E-state index in [2.05, 4.69) is 56.0 Å². The van der Waals surface area contributed by atoms with E-state index in [1.165, 1.54) is 12.5 Å². The first-order chi connectivity index (χ1) is 21.0. The van der Waals surface area contributed by atoms with Gasteiger partial charge in [0.15, 0.2) is 0 Å². The van der Waals surface area contributed by atoms with E-state index in [-0.39, 0.29) is 5.91 Å². The second-order valence-electron chi connectivity index (χ2n) is 10.8. The molecule has 224 valence electrons. The summed E-state index contributed by atoms with van der Waals surface area (Å²) < 4.78 is 12.2. The first kappa shape index (κ1) is 29.8. The molecule has 2 aromatic carbocycles. The average molecular weight is 581 g/mol. The number of terminal acetylenes is 1. The smallest absolute Gasteiger partial charge is 0.247 e. The molecular formula is C34H40N6O3. The second-order valence-corrected chi connectivity index (χ2v) is 10.8. The van der Waals surface area contributed by atoms with E-state index in [0.29, 0.717) is 29.7 Å². The van der Waals surface area contributed by atoms with Gasteiger partial charge < -0.3 is 29.9 Å². The fraction of sp³-hybridized carbons (Fsp3) is 0.353. The first-order valence-corrected chi connectivity index (χ1v) is 14.8. The highest BCUT2D eigenvalue weighted by atomic mass is 16.5. The Bertz CT molecular complexity index is 1490. The molecule has 1 aromatic heterocycles. The van der Waals surface area contributed by atoms with Crippen LogP contribution < -0.4 is 29.9 Å². The Balaban J connectivity index is 1.39. The minimum atomic E-state index is -0.273. The number of carbonyl (C=O) groups is 1. The summed E-state index contributed by atoms with van der Waals surface area (Å²) in [6.07, 6.45) is 10.2. The van der Waals surface area contributed by atoms with Crippen LogP contribution in [0.3, 0.4) is 0 Å². The number of aromatic nitrogens is 1. The van der Waals surface area contributed by atoms with E-state index in [1.54, 1.807) is 7.11 Å². The number of nitrogens with one attached hydrogen (secondary N) is 2. The fourth-order valence-corrected chi connectivity index (χ4v) is 5.46. The summed E-state index contributed by atoms with van der Waals surface area (Å²) in [6, 6.07) is 15.8. The van der Waals surface area contributed by atoms with Gasteiger partial charge in [0.25, 0.3) is 0 Å². The molecule has 2 fully saturated rings. The van der Waals surface area contributed by atoms with Crippen LogP contribution in [0.2, 0.25) is 0 Å². The van der Waals surface area contributed by atoms with Crippen molar-refractivity contribution in [3.05, 3.63) is 66.7 Å². The molecular weight excluding hydrogens is 540 g/mol. The Morgan fingerprint density at radius 2 is 1.79 bits per heavy atom. The third-order valence-corrected chi connectivity index (χ3v) is 7.90. The van der Waals surface area contributed by atoms with Crippen molar-refractivity contribution >= 4 is 34.5 Å². The first-order valence-electron chi connectivity index (χ1n) is 14.8. The monoisotopic (exact) mass is 580 g/mol. The molecule has 0 atom stereocenters. The standard InChI is InChI=1S/C34H40N6O3/c1-5-16-38-19-21-39(22-20-38)26-11-13-28(31(23-26)42-4)35-32-15-14-30(40-17-8-7-9-18-40)34(37-32)43-27-12-10-25(3)29(24-27)36-33(41)6-2/h1,6,10-15,23-24H,2,7-9,16-22H2,3-4H3,(H,35,37)(H,36,41). The van der Waals surface area contributed by atoms with Crippen LogP contribution in [0.1, 0.15) is 24.8 Å².